The molecule has 4 saturated carbocycles. The van der Waals surface area contributed by atoms with Crippen molar-refractivity contribution < 1.29 is 15.3 Å². The van der Waals surface area contributed by atoms with Crippen LogP contribution in [0, 0.1) is 29.1 Å². The normalized spacial score (nSPS) is 41.8. The van der Waals surface area contributed by atoms with Crippen LogP contribution in [0.5, 0.6) is 0 Å². The van der Waals surface area contributed by atoms with Gasteiger partial charge in [0.05, 0.1) is 18.3 Å². The molecule has 7 atom stereocenters. The molecule has 3 heteroatoms. The van der Waals surface area contributed by atoms with E-state index in [-0.39, 0.29) is 6.10 Å². The summed E-state index contributed by atoms with van der Waals surface area (Å²) in [6.45, 7) is 9.01. The van der Waals surface area contributed by atoms with Gasteiger partial charge in [-0.25, -0.2) is 0 Å². The Morgan fingerprint density at radius 1 is 1.13 bits per heavy atom. The third-order valence-electron chi connectivity index (χ3n) is 9.07. The minimum Gasteiger partial charge on any atom is -0.393 e. The second-order valence-corrected chi connectivity index (χ2v) is 11.1. The van der Waals surface area contributed by atoms with Gasteiger partial charge >= 0.3 is 0 Å². The van der Waals surface area contributed by atoms with Gasteiger partial charge in [0.25, 0.3) is 0 Å². The van der Waals surface area contributed by atoms with E-state index in [1.807, 2.05) is 0 Å². The van der Waals surface area contributed by atoms with Crippen molar-refractivity contribution in [1.82, 2.24) is 0 Å². The first-order valence-electron chi connectivity index (χ1n) is 12.4. The van der Waals surface area contributed by atoms with Crippen molar-refractivity contribution in [3.63, 3.8) is 0 Å². The van der Waals surface area contributed by atoms with Gasteiger partial charge in [0.15, 0.2) is 0 Å². The van der Waals surface area contributed by atoms with E-state index in [2.05, 4.69) is 32.6 Å². The fraction of sp³-hybridized carbons (Fsp3) is 0.778. The molecule has 0 heterocycles. The molecule has 4 aliphatic carbocycles. The van der Waals surface area contributed by atoms with E-state index in [0.717, 1.165) is 29.9 Å². The van der Waals surface area contributed by atoms with Crippen molar-refractivity contribution in [3.05, 3.63) is 35.5 Å². The topological polar surface area (TPSA) is 60.7 Å². The highest BCUT2D eigenvalue weighted by Crippen LogP contribution is 2.60. The Morgan fingerprint density at radius 2 is 1.90 bits per heavy atom. The van der Waals surface area contributed by atoms with E-state index in [0.29, 0.717) is 36.0 Å². The minimum atomic E-state index is -0.613. The van der Waals surface area contributed by atoms with Gasteiger partial charge in [0.1, 0.15) is 0 Å². The summed E-state index contributed by atoms with van der Waals surface area (Å²) >= 11 is 0. The molecule has 0 unspecified atom stereocenters. The van der Waals surface area contributed by atoms with Crippen molar-refractivity contribution in [2.24, 2.45) is 29.1 Å². The number of rotatable bonds is 6. The van der Waals surface area contributed by atoms with E-state index >= 15 is 0 Å². The largest absolute Gasteiger partial charge is 0.393 e. The molecular weight excluding hydrogens is 372 g/mol. The third kappa shape index (κ3) is 4.49. The molecule has 0 aliphatic heterocycles. The molecule has 3 nitrogen and oxygen atoms in total. The van der Waals surface area contributed by atoms with Gasteiger partial charge in [-0.3, -0.25) is 0 Å². The van der Waals surface area contributed by atoms with E-state index < -0.39 is 12.2 Å². The lowest BCUT2D eigenvalue weighted by atomic mass is 9.60. The summed E-state index contributed by atoms with van der Waals surface area (Å²) in [5.74, 6) is 2.66. The summed E-state index contributed by atoms with van der Waals surface area (Å²) in [4.78, 5) is 0. The number of fused-ring (bicyclic) bond motifs is 1. The van der Waals surface area contributed by atoms with Crippen LogP contribution in [0.2, 0.25) is 0 Å². The highest BCUT2D eigenvalue weighted by molar-refractivity contribution is 5.38. The van der Waals surface area contributed by atoms with Gasteiger partial charge in [-0.15, -0.1) is 0 Å². The van der Waals surface area contributed by atoms with Crippen LogP contribution in [-0.4, -0.2) is 33.6 Å². The van der Waals surface area contributed by atoms with Gasteiger partial charge < -0.3 is 15.3 Å². The molecule has 4 fully saturated rings. The van der Waals surface area contributed by atoms with E-state index in [1.54, 1.807) is 5.57 Å². The summed E-state index contributed by atoms with van der Waals surface area (Å²) in [6, 6.07) is 0. The quantitative estimate of drug-likeness (QED) is 0.552. The van der Waals surface area contributed by atoms with E-state index in [9.17, 15) is 15.3 Å². The summed E-state index contributed by atoms with van der Waals surface area (Å²) in [5.41, 5.74) is 3.72. The molecule has 0 saturated heterocycles. The number of hydrogen-bond donors (Lipinski definition) is 3. The number of aliphatic hydroxyl groups excluding tert-OH is 3. The van der Waals surface area contributed by atoms with E-state index in [4.69, 9.17) is 0 Å². The van der Waals surface area contributed by atoms with Gasteiger partial charge in [-0.1, -0.05) is 38.2 Å². The predicted molar refractivity (Wildman–Crippen MR) is 122 cm³/mol. The Morgan fingerprint density at radius 3 is 2.63 bits per heavy atom. The summed E-state index contributed by atoms with van der Waals surface area (Å²) < 4.78 is 0. The smallest absolute Gasteiger partial charge is 0.0811 e. The fourth-order valence-electron chi connectivity index (χ4n) is 7.03. The molecular formula is C27H42O3. The van der Waals surface area contributed by atoms with Gasteiger partial charge in [0.2, 0.25) is 0 Å². The molecule has 4 aliphatic rings. The lowest BCUT2D eigenvalue weighted by Gasteiger charge is -2.44. The lowest BCUT2D eigenvalue weighted by Crippen LogP contribution is -2.36. The maximum Gasteiger partial charge on any atom is 0.0811 e. The number of hydrogen-bond acceptors (Lipinski definition) is 3. The van der Waals surface area contributed by atoms with Crippen LogP contribution in [0.25, 0.3) is 0 Å². The van der Waals surface area contributed by atoms with Crippen LogP contribution in [0.3, 0.4) is 0 Å². The van der Waals surface area contributed by atoms with Crippen molar-refractivity contribution in [1.29, 1.82) is 0 Å². The van der Waals surface area contributed by atoms with Gasteiger partial charge in [0, 0.05) is 6.42 Å². The molecule has 4 rings (SSSR count). The average molecular weight is 415 g/mol. The second kappa shape index (κ2) is 8.92. The zero-order valence-corrected chi connectivity index (χ0v) is 19.0. The summed E-state index contributed by atoms with van der Waals surface area (Å²) in [7, 11) is 0. The SMILES string of the molecule is C=C1/C(=C\C=C2\CCC[C@]3(C)[C@@H]([C@H](C)CC[C@H](O)C4CC4)CC[C@@H]23)C[C@@H](O)C[C@@H]1O. The Kier molecular flexibility index (Phi) is 6.63. The van der Waals surface area contributed by atoms with Crippen LogP contribution in [0.4, 0.5) is 0 Å². The Balaban J connectivity index is 1.44. The van der Waals surface area contributed by atoms with E-state index in [1.165, 1.54) is 44.9 Å². The molecule has 0 aromatic heterocycles. The Labute approximate surface area is 183 Å². The van der Waals surface area contributed by atoms with Crippen LogP contribution < -0.4 is 0 Å². The number of aliphatic hydroxyl groups is 3. The Hall–Kier alpha value is -0.900. The molecule has 0 radical (unpaired) electrons. The third-order valence-corrected chi connectivity index (χ3v) is 9.07. The second-order valence-electron chi connectivity index (χ2n) is 11.1. The standard InChI is InChI=1S/C27H42O3/c1-17(6-13-25(29)20-8-9-20)23-11-12-24-19(5-4-14-27(23,24)3)7-10-21-15-22(28)16-26(30)18(21)2/h7,10,17,20,22-26,28-30H,2,4-6,8-9,11-16H2,1,3H3/b19-7-,21-10-/t17-,22-,23-,24+,25+,26+,27-/m1/s1. The fourth-order valence-corrected chi connectivity index (χ4v) is 7.03. The first-order valence-corrected chi connectivity index (χ1v) is 12.4. The maximum absolute atomic E-state index is 10.3. The van der Waals surface area contributed by atoms with Crippen LogP contribution >= 0.6 is 0 Å². The van der Waals surface area contributed by atoms with Gasteiger partial charge in [-0.05, 0) is 104 Å². The van der Waals surface area contributed by atoms with Crippen molar-refractivity contribution in [3.8, 4) is 0 Å². The number of allylic oxidation sites excluding steroid dienone is 3. The minimum absolute atomic E-state index is 0.0693. The molecule has 0 aromatic carbocycles. The predicted octanol–water partition coefficient (Wildman–Crippen LogP) is 5.31. The molecule has 0 amide bonds. The highest BCUT2D eigenvalue weighted by Gasteiger charge is 2.50. The highest BCUT2D eigenvalue weighted by atomic mass is 16.3. The first kappa shape index (κ1) is 22.3. The first-order chi connectivity index (χ1) is 14.3. The zero-order valence-electron chi connectivity index (χ0n) is 19.0. The van der Waals surface area contributed by atoms with Crippen LogP contribution in [-0.2, 0) is 0 Å². The molecule has 30 heavy (non-hydrogen) atoms. The van der Waals surface area contributed by atoms with Crippen LogP contribution in [0.1, 0.15) is 84.5 Å². The van der Waals surface area contributed by atoms with Gasteiger partial charge in [-0.2, -0.15) is 0 Å². The molecule has 0 aromatic rings. The molecule has 3 N–H and O–H groups in total. The maximum atomic E-state index is 10.3. The molecule has 168 valence electrons. The summed E-state index contributed by atoms with van der Waals surface area (Å²) in [5, 5.41) is 30.5. The monoisotopic (exact) mass is 414 g/mol. The average Bonchev–Trinajstić information content (AvgIpc) is 3.49. The molecule has 0 bridgehead atoms. The Bertz CT molecular complexity index is 703. The lowest BCUT2D eigenvalue weighted by molar-refractivity contribution is 0.0784. The molecule has 0 spiro atoms. The van der Waals surface area contributed by atoms with Crippen LogP contribution in [0.15, 0.2) is 35.5 Å². The summed E-state index contributed by atoms with van der Waals surface area (Å²) in [6.07, 6.45) is 15.2. The van der Waals surface area contributed by atoms with Crippen molar-refractivity contribution >= 4 is 0 Å². The van der Waals surface area contributed by atoms with Crippen molar-refractivity contribution in [2.75, 3.05) is 0 Å². The van der Waals surface area contributed by atoms with Crippen molar-refractivity contribution in [2.45, 2.75) is 103 Å². The zero-order chi connectivity index (χ0) is 21.5.